The van der Waals surface area contributed by atoms with E-state index in [-0.39, 0.29) is 11.7 Å². The van der Waals surface area contributed by atoms with Gasteiger partial charge in [-0.2, -0.15) is 0 Å². The molecule has 0 amide bonds. The van der Waals surface area contributed by atoms with Crippen LogP contribution in [0.3, 0.4) is 0 Å². The molecule has 3 atom stereocenters. The number of aliphatic carboxylic acids is 1. The Balaban J connectivity index is 1.82. The summed E-state index contributed by atoms with van der Waals surface area (Å²) in [6, 6.07) is 6.44. The van der Waals surface area contributed by atoms with E-state index >= 15 is 0 Å². The summed E-state index contributed by atoms with van der Waals surface area (Å²) >= 11 is 0. The van der Waals surface area contributed by atoms with Crippen molar-refractivity contribution >= 4 is 12.0 Å². The van der Waals surface area contributed by atoms with Crippen molar-refractivity contribution in [3.63, 3.8) is 0 Å². The molecule has 3 heteroatoms. The molecule has 0 spiro atoms. The van der Waals surface area contributed by atoms with Crippen LogP contribution in [0.4, 0.5) is 4.39 Å². The van der Waals surface area contributed by atoms with Crippen LogP contribution in [-0.4, -0.2) is 11.1 Å². The molecule has 0 aromatic heterocycles. The summed E-state index contributed by atoms with van der Waals surface area (Å²) in [4.78, 5) is 10.8. The largest absolute Gasteiger partial charge is 0.481 e. The van der Waals surface area contributed by atoms with E-state index < -0.39 is 5.97 Å². The summed E-state index contributed by atoms with van der Waals surface area (Å²) in [6.45, 7) is 1.77. The molecule has 1 aliphatic rings. The van der Waals surface area contributed by atoms with Crippen LogP contribution < -0.4 is 0 Å². The molecular weight excluding hydrogens is 231 g/mol. The zero-order valence-corrected chi connectivity index (χ0v) is 10.3. The topological polar surface area (TPSA) is 37.3 Å². The number of carbonyl (C=O) groups is 1. The molecule has 2 nitrogen and oxygen atoms in total. The lowest BCUT2D eigenvalue weighted by molar-refractivity contribution is -0.141. The maximum atomic E-state index is 12.9. The second-order valence-electron chi connectivity index (χ2n) is 4.98. The Kier molecular flexibility index (Phi) is 3.80. The summed E-state index contributed by atoms with van der Waals surface area (Å²) < 4.78 is 12.9. The predicted molar refractivity (Wildman–Crippen MR) is 68.4 cm³/mol. The molecule has 0 heterocycles. The molecule has 1 saturated carbocycles. The number of carboxylic acids is 1. The van der Waals surface area contributed by atoms with Crippen LogP contribution in [0.5, 0.6) is 0 Å². The second-order valence-corrected chi connectivity index (χ2v) is 4.98. The number of allylic oxidation sites excluding steroid dienone is 1. The van der Waals surface area contributed by atoms with Gasteiger partial charge in [-0.25, -0.2) is 4.39 Å². The maximum Gasteiger partial charge on any atom is 0.306 e. The van der Waals surface area contributed by atoms with Crippen molar-refractivity contribution in [3.8, 4) is 0 Å². The lowest BCUT2D eigenvalue weighted by atomic mass is 10.0. The highest BCUT2D eigenvalue weighted by Gasteiger charge is 2.42. The highest BCUT2D eigenvalue weighted by atomic mass is 19.1. The van der Waals surface area contributed by atoms with Gasteiger partial charge in [-0.3, -0.25) is 4.79 Å². The summed E-state index contributed by atoms with van der Waals surface area (Å²) in [6.07, 6.45) is 5.76. The molecule has 96 valence electrons. The van der Waals surface area contributed by atoms with Crippen LogP contribution in [0.25, 0.3) is 6.08 Å². The monoisotopic (exact) mass is 248 g/mol. The molecule has 0 saturated heterocycles. The molecule has 2 rings (SSSR count). The molecule has 3 unspecified atom stereocenters. The highest BCUT2D eigenvalue weighted by Crippen LogP contribution is 2.46. The third-order valence-corrected chi connectivity index (χ3v) is 3.61. The van der Waals surface area contributed by atoms with Crippen molar-refractivity contribution in [1.82, 2.24) is 0 Å². The molecular formula is C15H17FO2. The molecule has 18 heavy (non-hydrogen) atoms. The fourth-order valence-electron chi connectivity index (χ4n) is 2.33. The van der Waals surface area contributed by atoms with E-state index in [4.69, 9.17) is 5.11 Å². The van der Waals surface area contributed by atoms with Gasteiger partial charge in [0.05, 0.1) is 5.92 Å². The normalized spacial score (nSPS) is 24.1. The van der Waals surface area contributed by atoms with Crippen molar-refractivity contribution in [2.75, 3.05) is 0 Å². The Morgan fingerprint density at radius 1 is 1.61 bits per heavy atom. The standard InChI is InChI=1S/C15H17FO2/c1-10(15(17)18)14-9-12(14)6-2-4-11-5-3-7-13(16)8-11/h2-5,7-8,10,12,14H,6,9H2,1H3,(H,17,18). The van der Waals surface area contributed by atoms with Gasteiger partial charge in [0.15, 0.2) is 0 Å². The molecule has 0 bridgehead atoms. The van der Waals surface area contributed by atoms with E-state index in [0.717, 1.165) is 18.4 Å². The van der Waals surface area contributed by atoms with E-state index in [1.807, 2.05) is 18.2 Å². The smallest absolute Gasteiger partial charge is 0.306 e. The zero-order chi connectivity index (χ0) is 13.1. The number of halogens is 1. The van der Waals surface area contributed by atoms with Crippen molar-refractivity contribution in [3.05, 3.63) is 41.7 Å². The molecule has 1 aliphatic carbocycles. The molecule has 1 N–H and O–H groups in total. The summed E-state index contributed by atoms with van der Waals surface area (Å²) in [5.74, 6) is -0.421. The second kappa shape index (κ2) is 5.34. The van der Waals surface area contributed by atoms with Gasteiger partial charge in [-0.15, -0.1) is 0 Å². The van der Waals surface area contributed by atoms with Crippen LogP contribution in [-0.2, 0) is 4.79 Å². The first-order valence-electron chi connectivity index (χ1n) is 6.23. The van der Waals surface area contributed by atoms with Gasteiger partial charge in [0.2, 0.25) is 0 Å². The van der Waals surface area contributed by atoms with Crippen molar-refractivity contribution in [2.24, 2.45) is 17.8 Å². The van der Waals surface area contributed by atoms with Gasteiger partial charge in [-0.1, -0.05) is 31.2 Å². The molecule has 0 aliphatic heterocycles. The summed E-state index contributed by atoms with van der Waals surface area (Å²) in [7, 11) is 0. The predicted octanol–water partition coefficient (Wildman–Crippen LogP) is 3.59. The van der Waals surface area contributed by atoms with Crippen LogP contribution in [0.2, 0.25) is 0 Å². The Labute approximate surface area is 106 Å². The van der Waals surface area contributed by atoms with Crippen molar-refractivity contribution in [2.45, 2.75) is 19.8 Å². The Hall–Kier alpha value is -1.64. The van der Waals surface area contributed by atoms with E-state index in [1.165, 1.54) is 12.1 Å². The van der Waals surface area contributed by atoms with Gasteiger partial charge >= 0.3 is 5.97 Å². The van der Waals surface area contributed by atoms with E-state index in [0.29, 0.717) is 11.8 Å². The first-order chi connectivity index (χ1) is 8.58. The molecule has 1 aromatic carbocycles. The van der Waals surface area contributed by atoms with Gasteiger partial charge < -0.3 is 5.11 Å². The Morgan fingerprint density at radius 2 is 2.39 bits per heavy atom. The minimum atomic E-state index is -0.711. The van der Waals surface area contributed by atoms with Crippen molar-refractivity contribution < 1.29 is 14.3 Å². The highest BCUT2D eigenvalue weighted by molar-refractivity contribution is 5.70. The third kappa shape index (κ3) is 3.19. The van der Waals surface area contributed by atoms with Crippen LogP contribution in [0.15, 0.2) is 30.3 Å². The molecule has 0 radical (unpaired) electrons. The van der Waals surface area contributed by atoms with Crippen LogP contribution >= 0.6 is 0 Å². The number of hydrogen-bond donors (Lipinski definition) is 1. The van der Waals surface area contributed by atoms with Gasteiger partial charge in [0.25, 0.3) is 0 Å². The molecule has 1 fully saturated rings. The van der Waals surface area contributed by atoms with E-state index in [2.05, 4.69) is 0 Å². The minimum Gasteiger partial charge on any atom is -0.481 e. The number of hydrogen-bond acceptors (Lipinski definition) is 1. The first kappa shape index (κ1) is 12.8. The summed E-state index contributed by atoms with van der Waals surface area (Å²) in [5, 5.41) is 8.88. The van der Waals surface area contributed by atoms with Crippen molar-refractivity contribution in [1.29, 1.82) is 0 Å². The minimum absolute atomic E-state index is 0.235. The number of benzene rings is 1. The fraction of sp³-hybridized carbons (Fsp3) is 0.400. The van der Waals surface area contributed by atoms with Crippen LogP contribution in [0.1, 0.15) is 25.3 Å². The third-order valence-electron chi connectivity index (χ3n) is 3.61. The first-order valence-corrected chi connectivity index (χ1v) is 6.23. The average Bonchev–Trinajstić information content (AvgIpc) is 3.07. The van der Waals surface area contributed by atoms with E-state index in [1.54, 1.807) is 13.0 Å². The lowest BCUT2D eigenvalue weighted by Crippen LogP contribution is -2.12. The Bertz CT molecular complexity index is 467. The fourth-order valence-corrected chi connectivity index (χ4v) is 2.33. The van der Waals surface area contributed by atoms with E-state index in [9.17, 15) is 9.18 Å². The van der Waals surface area contributed by atoms with Gasteiger partial charge in [-0.05, 0) is 42.4 Å². The maximum absolute atomic E-state index is 12.9. The number of carboxylic acid groups (broad SMARTS) is 1. The quantitative estimate of drug-likeness (QED) is 0.864. The molecule has 1 aromatic rings. The summed E-state index contributed by atoms with van der Waals surface area (Å²) in [5.41, 5.74) is 0.846. The SMILES string of the molecule is CC(C(=O)O)C1CC1CC=Cc1cccc(F)c1. The average molecular weight is 248 g/mol. The zero-order valence-electron chi connectivity index (χ0n) is 10.3. The van der Waals surface area contributed by atoms with Gasteiger partial charge in [0, 0.05) is 0 Å². The Morgan fingerprint density at radius 3 is 3.06 bits per heavy atom. The van der Waals surface area contributed by atoms with Crippen LogP contribution in [0, 0.1) is 23.6 Å². The lowest BCUT2D eigenvalue weighted by Gasteiger charge is -2.03. The number of rotatable bonds is 5. The van der Waals surface area contributed by atoms with Gasteiger partial charge in [0.1, 0.15) is 5.82 Å².